The first kappa shape index (κ1) is 15.5. The van der Waals surface area contributed by atoms with E-state index in [-0.39, 0.29) is 36.7 Å². The number of halogens is 1. The highest BCUT2D eigenvalue weighted by molar-refractivity contribution is 9.10. The summed E-state index contributed by atoms with van der Waals surface area (Å²) in [5.74, 6) is -0.0914. The molecule has 1 heterocycles. The Labute approximate surface area is 126 Å². The molecule has 110 valence electrons. The summed E-state index contributed by atoms with van der Waals surface area (Å²) >= 11 is 3.38. The van der Waals surface area contributed by atoms with Gasteiger partial charge in [0.1, 0.15) is 6.61 Å². The number of carbonyl (C=O) groups is 1. The lowest BCUT2D eigenvalue weighted by molar-refractivity contribution is -0.144. The van der Waals surface area contributed by atoms with Gasteiger partial charge in [-0.1, -0.05) is 34.1 Å². The first-order valence-corrected chi connectivity index (χ1v) is 8.90. The van der Waals surface area contributed by atoms with Crippen molar-refractivity contribution >= 4 is 31.7 Å². The van der Waals surface area contributed by atoms with E-state index in [9.17, 15) is 13.2 Å². The second kappa shape index (κ2) is 6.69. The van der Waals surface area contributed by atoms with E-state index >= 15 is 0 Å². The summed E-state index contributed by atoms with van der Waals surface area (Å²) in [5.41, 5.74) is 0.893. The molecule has 1 aliphatic heterocycles. The maximum Gasteiger partial charge on any atom is 0.320 e. The van der Waals surface area contributed by atoms with Crippen LogP contribution in [0, 0.1) is 0 Å². The summed E-state index contributed by atoms with van der Waals surface area (Å²) in [4.78, 5) is 11.6. The van der Waals surface area contributed by atoms with Gasteiger partial charge in [-0.05, 0) is 12.5 Å². The third-order valence-electron chi connectivity index (χ3n) is 3.11. The molecule has 0 saturated carbocycles. The zero-order chi connectivity index (χ0) is 14.6. The van der Waals surface area contributed by atoms with E-state index < -0.39 is 9.84 Å². The molecule has 0 radical (unpaired) electrons. The quantitative estimate of drug-likeness (QED) is 0.799. The third-order valence-corrected chi connectivity index (χ3v) is 5.66. The molecule has 1 aliphatic rings. The summed E-state index contributed by atoms with van der Waals surface area (Å²) in [6, 6.07) is 7.36. The normalized spacial score (nSPS) is 20.8. The van der Waals surface area contributed by atoms with Crippen LogP contribution in [0.4, 0.5) is 0 Å². The Hall–Kier alpha value is -0.920. The summed E-state index contributed by atoms with van der Waals surface area (Å²) in [6.07, 6.45) is 0.555. The molecule has 5 nitrogen and oxygen atoms in total. The highest BCUT2D eigenvalue weighted by atomic mass is 79.9. The molecular formula is C13H16BrNO4S. The maximum atomic E-state index is 11.6. The fourth-order valence-electron chi connectivity index (χ4n) is 2.01. The highest BCUT2D eigenvalue weighted by Gasteiger charge is 2.27. The Balaban J connectivity index is 1.73. The Kier molecular flexibility index (Phi) is 5.17. The minimum absolute atomic E-state index is 0.0324. The largest absolute Gasteiger partial charge is 0.460 e. The van der Waals surface area contributed by atoms with E-state index in [0.717, 1.165) is 10.0 Å². The standard InChI is InChI=1S/C13H16BrNO4S/c14-12-4-2-1-3-10(12)8-19-13(16)7-15-11-5-6-20(17,18)9-11/h1-4,11,15H,5-9H2. The van der Waals surface area contributed by atoms with Crippen molar-refractivity contribution in [2.45, 2.75) is 19.1 Å². The van der Waals surface area contributed by atoms with E-state index in [1.165, 1.54) is 0 Å². The number of rotatable bonds is 5. The number of hydrogen-bond acceptors (Lipinski definition) is 5. The molecule has 0 amide bonds. The Morgan fingerprint density at radius 1 is 1.40 bits per heavy atom. The van der Waals surface area contributed by atoms with Gasteiger partial charge in [0.15, 0.2) is 9.84 Å². The lowest BCUT2D eigenvalue weighted by Crippen LogP contribution is -2.35. The lowest BCUT2D eigenvalue weighted by atomic mass is 10.2. The lowest BCUT2D eigenvalue weighted by Gasteiger charge is -2.11. The van der Waals surface area contributed by atoms with Crippen LogP contribution in [0.1, 0.15) is 12.0 Å². The minimum atomic E-state index is -2.93. The second-order valence-electron chi connectivity index (χ2n) is 4.73. The van der Waals surface area contributed by atoms with Gasteiger partial charge < -0.3 is 10.1 Å². The second-order valence-corrected chi connectivity index (χ2v) is 7.82. The maximum absolute atomic E-state index is 11.6. The number of hydrogen-bond donors (Lipinski definition) is 1. The van der Waals surface area contributed by atoms with Crippen molar-refractivity contribution in [2.75, 3.05) is 18.1 Å². The highest BCUT2D eigenvalue weighted by Crippen LogP contribution is 2.16. The predicted molar refractivity (Wildman–Crippen MR) is 79.0 cm³/mol. The van der Waals surface area contributed by atoms with Gasteiger partial charge in [-0.15, -0.1) is 0 Å². The van der Waals surface area contributed by atoms with Crippen molar-refractivity contribution < 1.29 is 17.9 Å². The van der Waals surface area contributed by atoms with E-state index in [1.54, 1.807) is 0 Å². The molecule has 2 rings (SSSR count). The zero-order valence-corrected chi connectivity index (χ0v) is 13.2. The van der Waals surface area contributed by atoms with E-state index in [4.69, 9.17) is 4.74 Å². The smallest absolute Gasteiger partial charge is 0.320 e. The Morgan fingerprint density at radius 3 is 2.80 bits per heavy atom. The Morgan fingerprint density at radius 2 is 2.15 bits per heavy atom. The van der Waals surface area contributed by atoms with Crippen molar-refractivity contribution in [3.8, 4) is 0 Å². The van der Waals surface area contributed by atoms with Gasteiger partial charge in [0.05, 0.1) is 18.1 Å². The molecule has 1 saturated heterocycles. The monoisotopic (exact) mass is 361 g/mol. The minimum Gasteiger partial charge on any atom is -0.460 e. The van der Waals surface area contributed by atoms with Crippen LogP contribution < -0.4 is 5.32 Å². The molecule has 0 spiro atoms. The van der Waals surface area contributed by atoms with Crippen LogP contribution in [-0.4, -0.2) is 38.5 Å². The average molecular weight is 362 g/mol. The SMILES string of the molecule is O=C(CNC1CCS(=O)(=O)C1)OCc1ccccc1Br. The zero-order valence-electron chi connectivity index (χ0n) is 10.8. The van der Waals surface area contributed by atoms with Crippen LogP contribution in [0.2, 0.25) is 0 Å². The van der Waals surface area contributed by atoms with Crippen LogP contribution in [0.3, 0.4) is 0 Å². The summed E-state index contributed by atoms with van der Waals surface area (Å²) < 4.78 is 28.6. The number of benzene rings is 1. The summed E-state index contributed by atoms with van der Waals surface area (Å²) in [5, 5.41) is 2.92. The molecule has 0 aliphatic carbocycles. The molecule has 1 aromatic carbocycles. The van der Waals surface area contributed by atoms with E-state index in [1.807, 2.05) is 24.3 Å². The van der Waals surface area contributed by atoms with Gasteiger partial charge in [0.25, 0.3) is 0 Å². The van der Waals surface area contributed by atoms with Crippen molar-refractivity contribution in [1.29, 1.82) is 0 Å². The molecule has 20 heavy (non-hydrogen) atoms. The fraction of sp³-hybridized carbons (Fsp3) is 0.462. The molecule has 1 atom stereocenters. The fourth-order valence-corrected chi connectivity index (χ4v) is 4.12. The van der Waals surface area contributed by atoms with Crippen molar-refractivity contribution in [3.63, 3.8) is 0 Å². The molecule has 1 aromatic rings. The van der Waals surface area contributed by atoms with Gasteiger partial charge >= 0.3 is 5.97 Å². The first-order chi connectivity index (χ1) is 9.46. The van der Waals surface area contributed by atoms with Gasteiger partial charge in [-0.3, -0.25) is 4.79 Å². The average Bonchev–Trinajstić information content (AvgIpc) is 2.75. The molecular weight excluding hydrogens is 346 g/mol. The topological polar surface area (TPSA) is 72.5 Å². The van der Waals surface area contributed by atoms with Gasteiger partial charge in [0, 0.05) is 16.1 Å². The summed E-state index contributed by atoms with van der Waals surface area (Å²) in [7, 11) is -2.93. The number of ether oxygens (including phenoxy) is 1. The molecule has 1 fully saturated rings. The first-order valence-electron chi connectivity index (χ1n) is 6.29. The molecule has 0 bridgehead atoms. The van der Waals surface area contributed by atoms with Crippen LogP contribution in [0.25, 0.3) is 0 Å². The number of nitrogens with one attached hydrogen (secondary N) is 1. The summed E-state index contributed by atoms with van der Waals surface area (Å²) in [6.45, 7) is 0.232. The van der Waals surface area contributed by atoms with Crippen LogP contribution in [0.5, 0.6) is 0 Å². The van der Waals surface area contributed by atoms with E-state index in [2.05, 4.69) is 21.2 Å². The molecule has 7 heteroatoms. The van der Waals surface area contributed by atoms with Gasteiger partial charge in [0.2, 0.25) is 0 Å². The number of sulfone groups is 1. The Bertz CT molecular complexity index is 588. The van der Waals surface area contributed by atoms with Crippen LogP contribution in [0.15, 0.2) is 28.7 Å². The molecule has 1 N–H and O–H groups in total. The number of esters is 1. The number of carbonyl (C=O) groups excluding carboxylic acids is 1. The van der Waals surface area contributed by atoms with E-state index in [0.29, 0.717) is 6.42 Å². The third kappa shape index (κ3) is 4.57. The molecule has 1 unspecified atom stereocenters. The molecule has 0 aromatic heterocycles. The van der Waals surface area contributed by atoms with Gasteiger partial charge in [-0.25, -0.2) is 8.42 Å². The van der Waals surface area contributed by atoms with Crippen molar-refractivity contribution in [3.05, 3.63) is 34.3 Å². The van der Waals surface area contributed by atoms with Crippen molar-refractivity contribution in [1.82, 2.24) is 5.32 Å². The predicted octanol–water partition coefficient (Wildman–Crippen LogP) is 1.27. The van der Waals surface area contributed by atoms with Gasteiger partial charge in [-0.2, -0.15) is 0 Å². The van der Waals surface area contributed by atoms with Crippen LogP contribution >= 0.6 is 15.9 Å². The van der Waals surface area contributed by atoms with Crippen molar-refractivity contribution in [2.24, 2.45) is 0 Å². The van der Waals surface area contributed by atoms with Crippen LogP contribution in [-0.2, 0) is 26.0 Å².